The van der Waals surface area contributed by atoms with Gasteiger partial charge in [0, 0.05) is 5.56 Å². The van der Waals surface area contributed by atoms with Gasteiger partial charge in [-0.25, -0.2) is 4.99 Å². The number of nitrogens with two attached hydrogens (primary N) is 4. The molecule has 0 aliphatic carbocycles. The molecule has 1 amide bonds. The van der Waals surface area contributed by atoms with Crippen LogP contribution < -0.4 is 22.9 Å². The lowest BCUT2D eigenvalue weighted by Crippen LogP contribution is -2.61. The van der Waals surface area contributed by atoms with E-state index in [0.29, 0.717) is 11.3 Å². The van der Waals surface area contributed by atoms with Crippen LogP contribution in [0.4, 0.5) is 0 Å². The van der Waals surface area contributed by atoms with E-state index in [4.69, 9.17) is 34.5 Å². The van der Waals surface area contributed by atoms with E-state index in [1.807, 2.05) is 6.07 Å². The summed E-state index contributed by atoms with van der Waals surface area (Å²) in [5.74, 6) is -3.02. The Balaban J connectivity index is 2.41. The van der Waals surface area contributed by atoms with E-state index < -0.39 is 23.7 Å². The molecule has 1 atom stereocenters. The normalized spacial score (nSPS) is 20.2. The number of amides is 1. The maximum atomic E-state index is 11.9. The molecule has 110 valence electrons. The summed E-state index contributed by atoms with van der Waals surface area (Å²) >= 11 is 6.06. The van der Waals surface area contributed by atoms with Gasteiger partial charge in [-0.3, -0.25) is 21.3 Å². The number of halogens is 1. The molecule has 0 spiro atoms. The van der Waals surface area contributed by atoms with Crippen LogP contribution in [0.1, 0.15) is 5.56 Å². The quantitative estimate of drug-likeness (QED) is 0.308. The van der Waals surface area contributed by atoms with Gasteiger partial charge >= 0.3 is 0 Å². The zero-order chi connectivity index (χ0) is 15.6. The molecule has 1 aliphatic rings. The van der Waals surface area contributed by atoms with E-state index in [0.717, 1.165) is 0 Å². The third-order valence-corrected chi connectivity index (χ3v) is 2.98. The first-order chi connectivity index (χ1) is 9.81. The molecule has 0 bridgehead atoms. The van der Waals surface area contributed by atoms with Gasteiger partial charge in [0.05, 0.1) is 0 Å². The number of nitrogens with zero attached hydrogens (tertiary/aromatic N) is 3. The number of benzene rings is 1. The second-order valence-electron chi connectivity index (χ2n) is 4.41. The minimum Gasteiger partial charge on any atom is -0.370 e. The van der Waals surface area contributed by atoms with Crippen molar-refractivity contribution in [3.63, 3.8) is 0 Å². The molecule has 1 aliphatic heterocycles. The SMILES string of the molecule is NC(N)=NC(=O)C1N=C(Cl)C(c2ccccc2)=NC1(N)N. The van der Waals surface area contributed by atoms with E-state index in [9.17, 15) is 4.79 Å². The molecule has 1 aromatic rings. The molecule has 0 saturated heterocycles. The van der Waals surface area contributed by atoms with Crippen molar-refractivity contribution in [1.29, 1.82) is 0 Å². The summed E-state index contributed by atoms with van der Waals surface area (Å²) in [4.78, 5) is 23.3. The molecule has 1 heterocycles. The molecule has 0 saturated carbocycles. The largest absolute Gasteiger partial charge is 0.370 e. The molecule has 8 nitrogen and oxygen atoms in total. The molecule has 0 radical (unpaired) electrons. The van der Waals surface area contributed by atoms with Crippen molar-refractivity contribution in [3.8, 4) is 0 Å². The maximum Gasteiger partial charge on any atom is 0.279 e. The van der Waals surface area contributed by atoms with Crippen LogP contribution in [0.3, 0.4) is 0 Å². The van der Waals surface area contributed by atoms with Gasteiger partial charge in [-0.1, -0.05) is 41.9 Å². The highest BCUT2D eigenvalue weighted by molar-refractivity contribution is 6.86. The minimum absolute atomic E-state index is 0.0110. The zero-order valence-electron chi connectivity index (χ0n) is 10.9. The first kappa shape index (κ1) is 15.1. The van der Waals surface area contributed by atoms with E-state index in [1.165, 1.54) is 0 Å². The Labute approximate surface area is 125 Å². The third kappa shape index (κ3) is 3.24. The lowest BCUT2D eigenvalue weighted by atomic mass is 10.1. The minimum atomic E-state index is -1.79. The molecule has 0 aromatic heterocycles. The Bertz CT molecular complexity index is 647. The number of carbonyl (C=O) groups is 1. The van der Waals surface area contributed by atoms with Gasteiger partial charge in [0.2, 0.25) is 0 Å². The van der Waals surface area contributed by atoms with Gasteiger partial charge in [0.25, 0.3) is 5.91 Å². The van der Waals surface area contributed by atoms with Crippen LogP contribution in [-0.2, 0) is 4.79 Å². The van der Waals surface area contributed by atoms with Gasteiger partial charge in [0.1, 0.15) is 5.71 Å². The molecule has 8 N–H and O–H groups in total. The first-order valence-corrected chi connectivity index (χ1v) is 6.29. The molecule has 1 aromatic carbocycles. The molecule has 0 fully saturated rings. The Morgan fingerprint density at radius 3 is 2.43 bits per heavy atom. The standard InChI is InChI=1S/C12H14ClN7O/c13-9-7(6-4-2-1-3-5-6)20-12(16,17)8(18-9)10(21)19-11(14)15/h1-5,8H,16-17H2,(H4,14,15,19,21). The monoisotopic (exact) mass is 307 g/mol. The van der Waals surface area contributed by atoms with Crippen molar-refractivity contribution in [2.75, 3.05) is 0 Å². The Morgan fingerprint density at radius 2 is 1.86 bits per heavy atom. The summed E-state index contributed by atoms with van der Waals surface area (Å²) in [7, 11) is 0. The summed E-state index contributed by atoms with van der Waals surface area (Å²) in [5.41, 5.74) is 23.0. The lowest BCUT2D eigenvalue weighted by Gasteiger charge is -2.29. The molecule has 9 heteroatoms. The fourth-order valence-electron chi connectivity index (χ4n) is 1.80. The number of aliphatic imine (C=N–C) groups is 3. The van der Waals surface area contributed by atoms with Crippen molar-refractivity contribution >= 4 is 34.4 Å². The van der Waals surface area contributed by atoms with Crippen LogP contribution in [0.15, 0.2) is 45.3 Å². The predicted octanol–water partition coefficient (Wildman–Crippen LogP) is -1.13. The van der Waals surface area contributed by atoms with E-state index in [1.54, 1.807) is 24.3 Å². The maximum absolute atomic E-state index is 11.9. The summed E-state index contributed by atoms with van der Waals surface area (Å²) < 4.78 is 0. The first-order valence-electron chi connectivity index (χ1n) is 5.91. The van der Waals surface area contributed by atoms with Gasteiger partial charge in [0.15, 0.2) is 23.0 Å². The number of rotatable bonds is 2. The molecule has 1 unspecified atom stereocenters. The highest BCUT2D eigenvalue weighted by atomic mass is 35.5. The number of hydrogen-bond acceptors (Lipinski definition) is 5. The second kappa shape index (κ2) is 5.60. The smallest absolute Gasteiger partial charge is 0.279 e. The number of guanidine groups is 1. The van der Waals surface area contributed by atoms with Crippen LogP contribution in [0, 0.1) is 0 Å². The molecular formula is C12H14ClN7O. The van der Waals surface area contributed by atoms with Crippen LogP contribution in [0.25, 0.3) is 0 Å². The fourth-order valence-corrected chi connectivity index (χ4v) is 2.05. The summed E-state index contributed by atoms with van der Waals surface area (Å²) in [5, 5.41) is 0.0110. The second-order valence-corrected chi connectivity index (χ2v) is 4.77. The van der Waals surface area contributed by atoms with Crippen LogP contribution in [0.5, 0.6) is 0 Å². The van der Waals surface area contributed by atoms with Gasteiger partial charge < -0.3 is 11.5 Å². The van der Waals surface area contributed by atoms with Crippen molar-refractivity contribution in [1.82, 2.24) is 0 Å². The highest BCUT2D eigenvalue weighted by Gasteiger charge is 2.41. The van der Waals surface area contributed by atoms with Crippen LogP contribution in [0.2, 0.25) is 0 Å². The Kier molecular flexibility index (Phi) is 4.03. The molecule has 21 heavy (non-hydrogen) atoms. The van der Waals surface area contributed by atoms with Crippen LogP contribution in [-0.4, -0.2) is 34.6 Å². The van der Waals surface area contributed by atoms with Crippen molar-refractivity contribution < 1.29 is 4.79 Å². The van der Waals surface area contributed by atoms with Gasteiger partial charge in [-0.2, -0.15) is 4.99 Å². The fraction of sp³-hybridized carbons (Fsp3) is 0.167. The summed E-state index contributed by atoms with van der Waals surface area (Å²) in [6.07, 6.45) is 0. The molecule has 2 rings (SSSR count). The Morgan fingerprint density at radius 1 is 1.24 bits per heavy atom. The highest BCUT2D eigenvalue weighted by Crippen LogP contribution is 2.20. The topological polar surface area (TPSA) is 158 Å². The lowest BCUT2D eigenvalue weighted by molar-refractivity contribution is -0.120. The molecular weight excluding hydrogens is 294 g/mol. The Hall–Kier alpha value is -2.29. The van der Waals surface area contributed by atoms with Gasteiger partial charge in [-0.05, 0) is 0 Å². The summed E-state index contributed by atoms with van der Waals surface area (Å²) in [6.45, 7) is 0. The number of carbonyl (C=O) groups excluding carboxylic acids is 1. The average molecular weight is 308 g/mol. The zero-order valence-corrected chi connectivity index (χ0v) is 11.7. The van der Waals surface area contributed by atoms with Crippen molar-refractivity contribution in [2.45, 2.75) is 11.8 Å². The van der Waals surface area contributed by atoms with E-state index in [2.05, 4.69) is 15.0 Å². The van der Waals surface area contributed by atoms with Gasteiger partial charge in [-0.15, -0.1) is 0 Å². The predicted molar refractivity (Wildman–Crippen MR) is 82.0 cm³/mol. The van der Waals surface area contributed by atoms with Crippen molar-refractivity contribution in [3.05, 3.63) is 35.9 Å². The van der Waals surface area contributed by atoms with Crippen molar-refractivity contribution in [2.24, 2.45) is 37.9 Å². The third-order valence-electron chi connectivity index (χ3n) is 2.70. The van der Waals surface area contributed by atoms with Crippen LogP contribution >= 0.6 is 11.6 Å². The summed E-state index contributed by atoms with van der Waals surface area (Å²) in [6, 6.07) is 7.68. The number of hydrogen-bond donors (Lipinski definition) is 4. The average Bonchev–Trinajstić information content (AvgIpc) is 2.41. The van der Waals surface area contributed by atoms with E-state index >= 15 is 0 Å². The van der Waals surface area contributed by atoms with E-state index in [-0.39, 0.29) is 5.17 Å².